The number of fused-ring (bicyclic) bond motifs is 1. The highest BCUT2D eigenvalue weighted by Crippen LogP contribution is 2.40. The van der Waals surface area contributed by atoms with Gasteiger partial charge in [0.1, 0.15) is 0 Å². The van der Waals surface area contributed by atoms with Gasteiger partial charge in [0.05, 0.1) is 0 Å². The summed E-state index contributed by atoms with van der Waals surface area (Å²) in [5.74, 6) is 2.48. The van der Waals surface area contributed by atoms with Crippen LogP contribution in [0, 0.1) is 17.8 Å². The van der Waals surface area contributed by atoms with Gasteiger partial charge in [-0.15, -0.1) is 0 Å². The van der Waals surface area contributed by atoms with Gasteiger partial charge in [0.2, 0.25) is 0 Å². The second kappa shape index (κ2) is 3.45. The predicted molar refractivity (Wildman–Crippen MR) is 56.6 cm³/mol. The first-order chi connectivity index (χ1) is 6.20. The van der Waals surface area contributed by atoms with Crippen molar-refractivity contribution in [3.8, 4) is 0 Å². The molecular weight excluding hydrogens is 158 g/mol. The molecule has 1 nitrogen and oxygen atoms in total. The van der Waals surface area contributed by atoms with Crippen molar-refractivity contribution >= 4 is 0 Å². The van der Waals surface area contributed by atoms with Crippen molar-refractivity contribution in [1.82, 2.24) is 5.32 Å². The van der Waals surface area contributed by atoms with E-state index in [0.717, 1.165) is 17.8 Å². The maximum absolute atomic E-state index is 4.25. The standard InChI is InChI=1S/C12H21N/c1-8-7-9(2)11-5-4-6-13-12(11)10(8)3/h8-9,11-13H,3-7H2,1-2H3. The highest BCUT2D eigenvalue weighted by Gasteiger charge is 2.37. The molecular formula is C12H21N. The van der Waals surface area contributed by atoms with Crippen LogP contribution >= 0.6 is 0 Å². The van der Waals surface area contributed by atoms with Gasteiger partial charge in [0.15, 0.2) is 0 Å². The summed E-state index contributed by atoms with van der Waals surface area (Å²) in [6, 6.07) is 0.632. The first-order valence-electron chi connectivity index (χ1n) is 5.62. The van der Waals surface area contributed by atoms with E-state index in [-0.39, 0.29) is 0 Å². The van der Waals surface area contributed by atoms with Gasteiger partial charge < -0.3 is 5.32 Å². The zero-order chi connectivity index (χ0) is 9.42. The smallest absolute Gasteiger partial charge is 0.0310 e. The molecule has 0 bridgehead atoms. The van der Waals surface area contributed by atoms with Gasteiger partial charge in [-0.2, -0.15) is 0 Å². The Morgan fingerprint density at radius 3 is 2.92 bits per heavy atom. The van der Waals surface area contributed by atoms with Crippen LogP contribution in [0.5, 0.6) is 0 Å². The van der Waals surface area contributed by atoms with Gasteiger partial charge in [-0.25, -0.2) is 0 Å². The molecule has 1 heteroatoms. The van der Waals surface area contributed by atoms with Gasteiger partial charge in [-0.3, -0.25) is 0 Å². The Labute approximate surface area is 81.6 Å². The Bertz CT molecular complexity index is 209. The molecule has 4 unspecified atom stereocenters. The molecule has 2 fully saturated rings. The van der Waals surface area contributed by atoms with E-state index in [2.05, 4.69) is 25.7 Å². The number of hydrogen-bond donors (Lipinski definition) is 1. The van der Waals surface area contributed by atoms with E-state index in [1.165, 1.54) is 31.4 Å². The first kappa shape index (κ1) is 9.26. The molecule has 1 N–H and O–H groups in total. The summed E-state index contributed by atoms with van der Waals surface area (Å²) in [4.78, 5) is 0. The van der Waals surface area contributed by atoms with Gasteiger partial charge >= 0.3 is 0 Å². The van der Waals surface area contributed by atoms with E-state index in [9.17, 15) is 0 Å². The van der Waals surface area contributed by atoms with Crippen LogP contribution in [0.25, 0.3) is 0 Å². The van der Waals surface area contributed by atoms with Crippen molar-refractivity contribution in [3.05, 3.63) is 12.2 Å². The predicted octanol–water partition coefficient (Wildman–Crippen LogP) is 2.59. The largest absolute Gasteiger partial charge is 0.310 e. The van der Waals surface area contributed by atoms with E-state index < -0.39 is 0 Å². The summed E-state index contributed by atoms with van der Waals surface area (Å²) in [6.45, 7) is 10.2. The van der Waals surface area contributed by atoms with Gasteiger partial charge in [-0.05, 0) is 43.6 Å². The van der Waals surface area contributed by atoms with Crippen LogP contribution in [-0.4, -0.2) is 12.6 Å². The minimum Gasteiger partial charge on any atom is -0.310 e. The first-order valence-corrected chi connectivity index (χ1v) is 5.62. The zero-order valence-corrected chi connectivity index (χ0v) is 8.84. The summed E-state index contributed by atoms with van der Waals surface area (Å²) in [6.07, 6.45) is 4.11. The van der Waals surface area contributed by atoms with Crippen molar-refractivity contribution in [3.63, 3.8) is 0 Å². The normalized spacial score (nSPS) is 45.8. The molecule has 1 heterocycles. The average Bonchev–Trinajstić information content (AvgIpc) is 2.15. The van der Waals surface area contributed by atoms with Crippen LogP contribution in [0.15, 0.2) is 12.2 Å². The lowest BCUT2D eigenvalue weighted by atomic mass is 9.67. The molecule has 0 amide bonds. The molecule has 74 valence electrons. The molecule has 0 aromatic heterocycles. The second-order valence-electron chi connectivity index (χ2n) is 4.93. The van der Waals surface area contributed by atoms with Crippen molar-refractivity contribution < 1.29 is 0 Å². The lowest BCUT2D eigenvalue weighted by Crippen LogP contribution is -2.49. The zero-order valence-electron chi connectivity index (χ0n) is 8.84. The van der Waals surface area contributed by atoms with E-state index >= 15 is 0 Å². The van der Waals surface area contributed by atoms with Gasteiger partial charge in [0.25, 0.3) is 0 Å². The molecule has 2 aliphatic rings. The Kier molecular flexibility index (Phi) is 2.46. The molecule has 13 heavy (non-hydrogen) atoms. The van der Waals surface area contributed by atoms with E-state index in [4.69, 9.17) is 0 Å². The molecule has 1 aliphatic carbocycles. The quantitative estimate of drug-likeness (QED) is 0.564. The number of hydrogen-bond acceptors (Lipinski definition) is 1. The van der Waals surface area contributed by atoms with E-state index in [0.29, 0.717) is 6.04 Å². The lowest BCUT2D eigenvalue weighted by molar-refractivity contribution is 0.166. The van der Waals surface area contributed by atoms with Crippen LogP contribution in [0.4, 0.5) is 0 Å². The molecule has 1 saturated heterocycles. The molecule has 0 aromatic carbocycles. The molecule has 1 saturated carbocycles. The summed E-state index contributed by atoms with van der Waals surface area (Å²) >= 11 is 0. The third-order valence-electron chi connectivity index (χ3n) is 4.00. The summed E-state index contributed by atoms with van der Waals surface area (Å²) < 4.78 is 0. The third-order valence-corrected chi connectivity index (χ3v) is 4.00. The van der Waals surface area contributed by atoms with Crippen molar-refractivity contribution in [2.75, 3.05) is 6.54 Å². The summed E-state index contributed by atoms with van der Waals surface area (Å²) in [5.41, 5.74) is 1.46. The maximum atomic E-state index is 4.25. The highest BCUT2D eigenvalue weighted by atomic mass is 14.9. The fourth-order valence-electron chi connectivity index (χ4n) is 3.12. The van der Waals surface area contributed by atoms with Crippen LogP contribution in [0.2, 0.25) is 0 Å². The minimum atomic E-state index is 0.632. The Morgan fingerprint density at radius 1 is 1.38 bits per heavy atom. The van der Waals surface area contributed by atoms with Crippen LogP contribution in [0.3, 0.4) is 0 Å². The molecule has 0 spiro atoms. The topological polar surface area (TPSA) is 12.0 Å². The van der Waals surface area contributed by atoms with E-state index in [1.807, 2.05) is 0 Å². The lowest BCUT2D eigenvalue weighted by Gasteiger charge is -2.44. The van der Waals surface area contributed by atoms with Crippen molar-refractivity contribution in [2.45, 2.75) is 39.2 Å². The second-order valence-corrected chi connectivity index (χ2v) is 4.93. The maximum Gasteiger partial charge on any atom is 0.0310 e. The molecule has 1 aliphatic heterocycles. The molecule has 0 radical (unpaired) electrons. The Balaban J connectivity index is 2.15. The number of nitrogens with one attached hydrogen (secondary N) is 1. The van der Waals surface area contributed by atoms with Gasteiger partial charge in [0, 0.05) is 6.04 Å². The summed E-state index contributed by atoms with van der Waals surface area (Å²) in [7, 11) is 0. The highest BCUT2D eigenvalue weighted by molar-refractivity contribution is 5.16. The SMILES string of the molecule is C=C1C(C)CC(C)C2CCCNC12. The Hall–Kier alpha value is -0.300. The van der Waals surface area contributed by atoms with Crippen LogP contribution in [0.1, 0.15) is 33.1 Å². The molecule has 4 atom stereocenters. The summed E-state index contributed by atoms with van der Waals surface area (Å²) in [5, 5.41) is 3.63. The molecule has 2 rings (SSSR count). The molecule has 0 aromatic rings. The number of piperidine rings is 1. The minimum absolute atomic E-state index is 0.632. The van der Waals surface area contributed by atoms with Crippen LogP contribution in [-0.2, 0) is 0 Å². The van der Waals surface area contributed by atoms with E-state index in [1.54, 1.807) is 0 Å². The monoisotopic (exact) mass is 179 g/mol. The van der Waals surface area contributed by atoms with Crippen molar-refractivity contribution in [2.24, 2.45) is 17.8 Å². The Morgan fingerprint density at radius 2 is 2.15 bits per heavy atom. The third kappa shape index (κ3) is 1.54. The number of rotatable bonds is 0. The van der Waals surface area contributed by atoms with Crippen LogP contribution < -0.4 is 5.32 Å². The average molecular weight is 179 g/mol. The van der Waals surface area contributed by atoms with Crippen molar-refractivity contribution in [1.29, 1.82) is 0 Å². The fourth-order valence-corrected chi connectivity index (χ4v) is 3.12. The fraction of sp³-hybridized carbons (Fsp3) is 0.833. The van der Waals surface area contributed by atoms with Gasteiger partial charge in [-0.1, -0.05) is 26.0 Å².